The monoisotopic (exact) mass is 218 g/mol. The Kier molecular flexibility index (Phi) is 5.99. The molecule has 0 saturated heterocycles. The lowest BCUT2D eigenvalue weighted by molar-refractivity contribution is 0.677. The molecule has 0 aliphatic rings. The van der Waals surface area contributed by atoms with Crippen molar-refractivity contribution >= 4 is 5.69 Å². The second kappa shape index (κ2) is 7.32. The molecule has 0 N–H and O–H groups in total. The van der Waals surface area contributed by atoms with Gasteiger partial charge in [-0.2, -0.15) is 0 Å². The molecule has 0 saturated carbocycles. The number of nitrogens with zero attached hydrogens (tertiary/aromatic N) is 1. The molecule has 0 aliphatic heterocycles. The van der Waals surface area contributed by atoms with Crippen LogP contribution in [0.1, 0.15) is 45.1 Å². The number of hydrogen-bond donors (Lipinski definition) is 0. The summed E-state index contributed by atoms with van der Waals surface area (Å²) >= 11 is 0. The van der Waals surface area contributed by atoms with Crippen LogP contribution >= 0.6 is 0 Å². The summed E-state index contributed by atoms with van der Waals surface area (Å²) in [7, 11) is 0. The lowest BCUT2D eigenvalue weighted by Crippen LogP contribution is -2.26. The van der Waals surface area contributed by atoms with Crippen LogP contribution in [-0.2, 0) is 0 Å². The van der Waals surface area contributed by atoms with Crippen molar-refractivity contribution in [2.45, 2.75) is 39.5 Å². The topological polar surface area (TPSA) is 3.24 Å². The Balaban J connectivity index is 2.70. The number of benzene rings is 1. The number of para-hydroxylation sites is 1. The molecule has 0 fully saturated rings. The molecule has 0 atom stereocenters. The van der Waals surface area contributed by atoms with Crippen molar-refractivity contribution in [1.82, 2.24) is 0 Å². The molecule has 1 rings (SSSR count). The van der Waals surface area contributed by atoms with Gasteiger partial charge in [0.1, 0.15) is 0 Å². The van der Waals surface area contributed by atoms with E-state index in [1.807, 2.05) is 0 Å². The molecule has 1 aromatic carbocycles. The van der Waals surface area contributed by atoms with Gasteiger partial charge in [0.15, 0.2) is 0 Å². The van der Waals surface area contributed by atoms with E-state index in [0.29, 0.717) is 0 Å². The minimum Gasteiger partial charge on any atom is -0.371 e. The first-order chi connectivity index (χ1) is 7.79. The van der Waals surface area contributed by atoms with Crippen LogP contribution in [0.3, 0.4) is 0 Å². The van der Waals surface area contributed by atoms with Crippen molar-refractivity contribution in [2.24, 2.45) is 0 Å². The second-order valence-electron chi connectivity index (χ2n) is 4.32. The predicted molar refractivity (Wildman–Crippen MR) is 72.9 cm³/mol. The summed E-state index contributed by atoms with van der Waals surface area (Å²) in [5, 5.41) is 0. The number of anilines is 1. The molecule has 16 heavy (non-hydrogen) atoms. The zero-order chi connectivity index (χ0) is 11.8. The summed E-state index contributed by atoms with van der Waals surface area (Å²) in [6.07, 6.45) is 5.03. The molecule has 0 aromatic heterocycles. The Hall–Kier alpha value is -0.980. The molecule has 1 nitrogen and oxygen atoms in total. The quantitative estimate of drug-likeness (QED) is 0.660. The van der Waals surface area contributed by atoms with Crippen molar-refractivity contribution < 1.29 is 0 Å². The van der Waals surface area contributed by atoms with Gasteiger partial charge in [0.25, 0.3) is 0 Å². The number of rotatable bonds is 7. The molecule has 0 spiro atoms. The molecule has 89 valence electrons. The van der Waals surface area contributed by atoms with Gasteiger partial charge >= 0.3 is 0 Å². The fourth-order valence-electron chi connectivity index (χ4n) is 1.87. The molecule has 0 bridgehead atoms. The van der Waals surface area contributed by atoms with Crippen LogP contribution in [0.15, 0.2) is 24.3 Å². The molecule has 1 heteroatoms. The third kappa shape index (κ3) is 3.88. The SMILES string of the molecule is [CH2]c1ccccc1N(CCCC)CCCC. The number of hydrogen-bond acceptors (Lipinski definition) is 1. The van der Waals surface area contributed by atoms with Gasteiger partial charge in [-0.05, 0) is 31.4 Å². The van der Waals surface area contributed by atoms with Gasteiger partial charge in [0.2, 0.25) is 0 Å². The third-order valence-corrected chi connectivity index (χ3v) is 2.90. The fraction of sp³-hybridized carbons (Fsp3) is 0.533. The average molecular weight is 218 g/mol. The largest absolute Gasteiger partial charge is 0.371 e. The first-order valence-electron chi connectivity index (χ1n) is 6.45. The van der Waals surface area contributed by atoms with E-state index in [1.165, 1.54) is 31.4 Å². The first-order valence-corrected chi connectivity index (χ1v) is 6.45. The molecule has 1 aromatic rings. The highest BCUT2D eigenvalue weighted by Crippen LogP contribution is 2.20. The zero-order valence-electron chi connectivity index (χ0n) is 10.7. The highest BCUT2D eigenvalue weighted by molar-refractivity contribution is 5.54. The van der Waals surface area contributed by atoms with Gasteiger partial charge in [0, 0.05) is 18.8 Å². The van der Waals surface area contributed by atoms with E-state index in [9.17, 15) is 0 Å². The minimum absolute atomic E-state index is 1.15. The van der Waals surface area contributed by atoms with Crippen molar-refractivity contribution in [3.8, 4) is 0 Å². The maximum atomic E-state index is 4.12. The first kappa shape index (κ1) is 13.1. The summed E-state index contributed by atoms with van der Waals surface area (Å²) in [4.78, 5) is 2.48. The van der Waals surface area contributed by atoms with E-state index in [1.54, 1.807) is 0 Å². The zero-order valence-corrected chi connectivity index (χ0v) is 10.7. The van der Waals surface area contributed by atoms with Crippen LogP contribution in [-0.4, -0.2) is 13.1 Å². The Labute approximate surface area is 100 Å². The summed E-state index contributed by atoms with van der Waals surface area (Å²) in [5.74, 6) is 0. The van der Waals surface area contributed by atoms with Gasteiger partial charge in [-0.15, -0.1) is 0 Å². The minimum atomic E-state index is 1.15. The van der Waals surface area contributed by atoms with Gasteiger partial charge < -0.3 is 4.90 Å². The van der Waals surface area contributed by atoms with E-state index in [0.717, 1.165) is 18.7 Å². The molecule has 0 heterocycles. The van der Waals surface area contributed by atoms with Crippen LogP contribution in [0, 0.1) is 6.92 Å². The molecular weight excluding hydrogens is 194 g/mol. The van der Waals surface area contributed by atoms with E-state index in [4.69, 9.17) is 0 Å². The van der Waals surface area contributed by atoms with Crippen molar-refractivity contribution in [2.75, 3.05) is 18.0 Å². The highest BCUT2D eigenvalue weighted by Gasteiger charge is 2.07. The van der Waals surface area contributed by atoms with Crippen LogP contribution in [0.4, 0.5) is 5.69 Å². The molecule has 0 unspecified atom stereocenters. The molecule has 1 radical (unpaired) electrons. The van der Waals surface area contributed by atoms with Crippen molar-refractivity contribution in [3.05, 3.63) is 36.8 Å². The number of unbranched alkanes of at least 4 members (excludes halogenated alkanes) is 2. The Bertz CT molecular complexity index is 285. The Morgan fingerprint density at radius 1 is 1.00 bits per heavy atom. The summed E-state index contributed by atoms with van der Waals surface area (Å²) in [6, 6.07) is 8.45. The smallest absolute Gasteiger partial charge is 0.0398 e. The van der Waals surface area contributed by atoms with Crippen molar-refractivity contribution in [1.29, 1.82) is 0 Å². The summed E-state index contributed by atoms with van der Waals surface area (Å²) in [6.45, 7) is 10.9. The van der Waals surface area contributed by atoms with Crippen LogP contribution in [0.5, 0.6) is 0 Å². The summed E-state index contributed by atoms with van der Waals surface area (Å²) < 4.78 is 0. The molecule has 0 aliphatic carbocycles. The lowest BCUT2D eigenvalue weighted by Gasteiger charge is -2.26. The predicted octanol–water partition coefficient (Wildman–Crippen LogP) is 4.28. The van der Waals surface area contributed by atoms with Crippen molar-refractivity contribution in [3.63, 3.8) is 0 Å². The van der Waals surface area contributed by atoms with E-state index in [2.05, 4.69) is 49.9 Å². The van der Waals surface area contributed by atoms with E-state index >= 15 is 0 Å². The van der Waals surface area contributed by atoms with E-state index in [-0.39, 0.29) is 0 Å². The highest BCUT2D eigenvalue weighted by atomic mass is 15.1. The van der Waals surface area contributed by atoms with Crippen LogP contribution in [0.2, 0.25) is 0 Å². The average Bonchev–Trinajstić information content (AvgIpc) is 2.31. The van der Waals surface area contributed by atoms with Gasteiger partial charge in [-0.3, -0.25) is 0 Å². The van der Waals surface area contributed by atoms with Gasteiger partial charge in [-0.25, -0.2) is 0 Å². The molecular formula is C15H24N. The molecule has 0 amide bonds. The summed E-state index contributed by atoms with van der Waals surface area (Å²) in [5.41, 5.74) is 2.46. The lowest BCUT2D eigenvalue weighted by atomic mass is 10.1. The third-order valence-electron chi connectivity index (χ3n) is 2.90. The van der Waals surface area contributed by atoms with Gasteiger partial charge in [0.05, 0.1) is 0 Å². The maximum absolute atomic E-state index is 4.12. The Morgan fingerprint density at radius 2 is 1.56 bits per heavy atom. The standard InChI is InChI=1S/C15H24N/c1-4-6-12-16(13-7-5-2)15-11-9-8-10-14(15)3/h8-11H,3-7,12-13H2,1-2H3. The normalized spacial score (nSPS) is 10.4. The second-order valence-corrected chi connectivity index (χ2v) is 4.32. The fourth-order valence-corrected chi connectivity index (χ4v) is 1.87. The Morgan fingerprint density at radius 3 is 2.06 bits per heavy atom. The van der Waals surface area contributed by atoms with Crippen LogP contribution < -0.4 is 4.90 Å². The van der Waals surface area contributed by atoms with Gasteiger partial charge in [-0.1, -0.05) is 44.9 Å². The van der Waals surface area contributed by atoms with E-state index < -0.39 is 0 Å². The van der Waals surface area contributed by atoms with Crippen LogP contribution in [0.25, 0.3) is 0 Å². The maximum Gasteiger partial charge on any atom is 0.0398 e.